The maximum atomic E-state index is 6.54. The van der Waals surface area contributed by atoms with Gasteiger partial charge in [-0.2, -0.15) is 0 Å². The minimum atomic E-state index is -0.573. The first kappa shape index (κ1) is 44.5. The second-order valence-electron chi connectivity index (χ2n) is 20.4. The van der Waals surface area contributed by atoms with Gasteiger partial charge in [-0.15, -0.1) is 0 Å². The Morgan fingerprint density at radius 1 is 0.442 bits per heavy atom. The fraction of sp³-hybridized carbons (Fsp3) is 0.0270. The largest absolute Gasteiger partial charge is 0.455 e. The third-order valence-electron chi connectivity index (χ3n) is 16.6. The second kappa shape index (κ2) is 17.0. The molecular formula is C74H50N2O. The van der Waals surface area contributed by atoms with Crippen LogP contribution in [0.2, 0.25) is 0 Å². The molecule has 13 aromatic rings. The van der Waals surface area contributed by atoms with Gasteiger partial charge in [0.1, 0.15) is 11.2 Å². The normalized spacial score (nSPS) is 15.0. The highest BCUT2D eigenvalue weighted by Gasteiger charge is 2.52. The van der Waals surface area contributed by atoms with E-state index in [4.69, 9.17) is 4.42 Å². The number of hydrogen-bond acceptors (Lipinski definition) is 1. The third kappa shape index (κ3) is 6.26. The number of nitrogens with zero attached hydrogens (tertiary/aromatic N) is 2. The molecule has 10 aromatic carbocycles. The van der Waals surface area contributed by atoms with Crippen LogP contribution in [0.3, 0.4) is 0 Å². The standard InChI is InChI=1S/C74H50N2O/c1-5-9-20-46(6-2)48-21-18-22-52(41-48)76-68-31-16-12-25-57(68)61-42-49(35-39-69(61)76)50-36-40-70-62(43-50)63-44-60-56-24-11-15-30-66(56)74(64(8-4)53(7-3)55-23-10-14-29-65(55)74)67(60)45-71(63)75(70)51-37-33-47(34-38-51)54-27-19-28-59-58-26-13-17-32-72(58)77-73(54)59/h5-45H,2-4H2,1H3/b9-5-,46-20+. The maximum Gasteiger partial charge on any atom is 0.143 e. The van der Waals surface area contributed by atoms with Gasteiger partial charge in [0, 0.05) is 49.3 Å². The van der Waals surface area contributed by atoms with Crippen LogP contribution in [0.1, 0.15) is 34.7 Å². The molecule has 362 valence electrons. The molecule has 2 aliphatic carbocycles. The molecule has 0 radical (unpaired) electrons. The Balaban J connectivity index is 0.949. The van der Waals surface area contributed by atoms with E-state index in [0.29, 0.717) is 0 Å². The predicted molar refractivity (Wildman–Crippen MR) is 325 cm³/mol. The van der Waals surface area contributed by atoms with Crippen LogP contribution >= 0.6 is 0 Å². The van der Waals surface area contributed by atoms with Crippen LogP contribution in [-0.4, -0.2) is 9.13 Å². The summed E-state index contributed by atoms with van der Waals surface area (Å²) >= 11 is 0. The zero-order valence-electron chi connectivity index (χ0n) is 42.6. The smallest absolute Gasteiger partial charge is 0.143 e. The minimum Gasteiger partial charge on any atom is -0.455 e. The lowest BCUT2D eigenvalue weighted by Gasteiger charge is -2.31. The van der Waals surface area contributed by atoms with Gasteiger partial charge in [0.15, 0.2) is 0 Å². The molecule has 2 aliphatic rings. The van der Waals surface area contributed by atoms with Crippen LogP contribution in [0.25, 0.3) is 121 Å². The van der Waals surface area contributed by atoms with Crippen molar-refractivity contribution in [1.29, 1.82) is 0 Å². The fourth-order valence-corrected chi connectivity index (χ4v) is 13.3. The molecule has 0 amide bonds. The molecule has 0 aliphatic heterocycles. The summed E-state index contributed by atoms with van der Waals surface area (Å²) in [6, 6.07) is 78.2. The van der Waals surface area contributed by atoms with E-state index in [1.165, 1.54) is 66.0 Å². The molecule has 1 unspecified atom stereocenters. The van der Waals surface area contributed by atoms with Gasteiger partial charge in [0.05, 0.1) is 27.5 Å². The Bertz CT molecular complexity index is 4810. The molecule has 0 fully saturated rings. The van der Waals surface area contributed by atoms with Crippen molar-refractivity contribution in [2.24, 2.45) is 0 Å². The van der Waals surface area contributed by atoms with Crippen LogP contribution in [-0.2, 0) is 5.41 Å². The summed E-state index contributed by atoms with van der Waals surface area (Å²) < 4.78 is 11.4. The predicted octanol–water partition coefficient (Wildman–Crippen LogP) is 19.7. The van der Waals surface area contributed by atoms with Crippen molar-refractivity contribution >= 4 is 76.7 Å². The van der Waals surface area contributed by atoms with Crippen LogP contribution in [0.4, 0.5) is 0 Å². The van der Waals surface area contributed by atoms with Gasteiger partial charge < -0.3 is 13.6 Å². The summed E-state index contributed by atoms with van der Waals surface area (Å²) in [5.41, 5.74) is 24.5. The fourth-order valence-electron chi connectivity index (χ4n) is 13.3. The van der Waals surface area contributed by atoms with Crippen molar-refractivity contribution in [1.82, 2.24) is 9.13 Å². The molecule has 1 atom stereocenters. The Hall–Kier alpha value is -9.96. The number of fused-ring (bicyclic) bond motifs is 16. The quantitative estimate of drug-likeness (QED) is 0.132. The molecular weight excluding hydrogens is 933 g/mol. The lowest BCUT2D eigenvalue weighted by molar-refractivity contribution is 0.670. The highest BCUT2D eigenvalue weighted by atomic mass is 16.3. The van der Waals surface area contributed by atoms with Crippen molar-refractivity contribution in [3.63, 3.8) is 0 Å². The SMILES string of the molecule is C=CC1=C(C=C)C2(c3ccccc31)c1ccccc1-c1cc3c4cc(-c5ccc6c(c5)c5ccccc5n6-c5cccc(/C(C=C)=C/C=C\C)c5)ccc4n(-c4ccc(-c5cccc6c5oc5ccccc56)cc4)c3cc12. The van der Waals surface area contributed by atoms with Crippen LogP contribution in [0.5, 0.6) is 0 Å². The Morgan fingerprint density at radius 3 is 1.81 bits per heavy atom. The first-order valence-electron chi connectivity index (χ1n) is 26.5. The number of benzene rings is 10. The molecule has 3 heterocycles. The molecule has 3 heteroatoms. The molecule has 0 saturated heterocycles. The molecule has 15 rings (SSSR count). The summed E-state index contributed by atoms with van der Waals surface area (Å²) in [7, 11) is 0. The van der Waals surface area contributed by atoms with Gasteiger partial charge in [-0.25, -0.2) is 0 Å². The van der Waals surface area contributed by atoms with E-state index in [9.17, 15) is 0 Å². The van der Waals surface area contributed by atoms with E-state index in [1.807, 2.05) is 37.3 Å². The van der Waals surface area contributed by atoms with Crippen molar-refractivity contribution in [3.8, 4) is 44.8 Å². The summed E-state index contributed by atoms with van der Waals surface area (Å²) in [4.78, 5) is 0. The average Bonchev–Trinajstić information content (AvgIpc) is 4.42. The van der Waals surface area contributed by atoms with E-state index >= 15 is 0 Å². The van der Waals surface area contributed by atoms with Gasteiger partial charge in [-0.3, -0.25) is 0 Å². The topological polar surface area (TPSA) is 23.0 Å². The summed E-state index contributed by atoms with van der Waals surface area (Å²) in [6.45, 7) is 15.0. The molecule has 77 heavy (non-hydrogen) atoms. The number of hydrogen-bond donors (Lipinski definition) is 0. The van der Waals surface area contributed by atoms with Crippen molar-refractivity contribution in [2.45, 2.75) is 12.3 Å². The number of furan rings is 1. The van der Waals surface area contributed by atoms with Gasteiger partial charge in [-0.1, -0.05) is 196 Å². The Kier molecular flexibility index (Phi) is 9.85. The first-order valence-corrected chi connectivity index (χ1v) is 26.5. The lowest BCUT2D eigenvalue weighted by atomic mass is 9.69. The van der Waals surface area contributed by atoms with E-state index in [2.05, 4.69) is 247 Å². The lowest BCUT2D eigenvalue weighted by Crippen LogP contribution is -2.26. The third-order valence-corrected chi connectivity index (χ3v) is 16.6. The zero-order valence-corrected chi connectivity index (χ0v) is 42.6. The summed E-state index contributed by atoms with van der Waals surface area (Å²) in [6.07, 6.45) is 12.2. The number of para-hydroxylation sites is 3. The molecule has 1 spiro atoms. The van der Waals surface area contributed by atoms with Crippen molar-refractivity contribution < 1.29 is 4.42 Å². The van der Waals surface area contributed by atoms with E-state index in [0.717, 1.165) is 88.8 Å². The molecule has 0 bridgehead atoms. The first-order chi connectivity index (χ1) is 38.0. The van der Waals surface area contributed by atoms with Gasteiger partial charge >= 0.3 is 0 Å². The number of aromatic nitrogens is 2. The van der Waals surface area contributed by atoms with E-state index in [-0.39, 0.29) is 0 Å². The monoisotopic (exact) mass is 982 g/mol. The van der Waals surface area contributed by atoms with E-state index < -0.39 is 5.41 Å². The average molecular weight is 983 g/mol. The van der Waals surface area contributed by atoms with Gasteiger partial charge in [0.2, 0.25) is 0 Å². The highest BCUT2D eigenvalue weighted by Crippen LogP contribution is 2.63. The molecule has 0 saturated carbocycles. The molecule has 0 N–H and O–H groups in total. The minimum absolute atomic E-state index is 0.573. The number of rotatable bonds is 9. The highest BCUT2D eigenvalue weighted by molar-refractivity contribution is 6.15. The van der Waals surface area contributed by atoms with Crippen LogP contribution in [0.15, 0.2) is 279 Å². The van der Waals surface area contributed by atoms with Gasteiger partial charge in [0.25, 0.3) is 0 Å². The Morgan fingerprint density at radius 2 is 1.05 bits per heavy atom. The van der Waals surface area contributed by atoms with Crippen molar-refractivity contribution in [3.05, 3.63) is 302 Å². The maximum absolute atomic E-state index is 6.54. The second-order valence-corrected chi connectivity index (χ2v) is 20.4. The molecule has 3 nitrogen and oxygen atoms in total. The van der Waals surface area contributed by atoms with Gasteiger partial charge in [-0.05, 0) is 152 Å². The Labute approximate surface area is 446 Å². The number of allylic oxidation sites excluding steroid dienone is 9. The summed E-state index contributed by atoms with van der Waals surface area (Å²) in [5, 5.41) is 7.06. The van der Waals surface area contributed by atoms with Crippen LogP contribution in [0, 0.1) is 0 Å². The van der Waals surface area contributed by atoms with E-state index in [1.54, 1.807) is 0 Å². The van der Waals surface area contributed by atoms with Crippen LogP contribution < -0.4 is 0 Å². The van der Waals surface area contributed by atoms with Crippen molar-refractivity contribution in [2.75, 3.05) is 0 Å². The summed E-state index contributed by atoms with van der Waals surface area (Å²) in [5.74, 6) is 0. The molecule has 3 aromatic heterocycles. The zero-order chi connectivity index (χ0) is 51.5.